The average Bonchev–Trinajstić information content (AvgIpc) is 2.65. The number of nitrogens with zero attached hydrogens (tertiary/aromatic N) is 3. The lowest BCUT2D eigenvalue weighted by Gasteiger charge is -2.24. The van der Waals surface area contributed by atoms with E-state index in [1.54, 1.807) is 0 Å². The second kappa shape index (κ2) is 3.92. The van der Waals surface area contributed by atoms with Gasteiger partial charge >= 0.3 is 0 Å². The topological polar surface area (TPSA) is 35.9 Å². The van der Waals surface area contributed by atoms with Crippen LogP contribution in [0.1, 0.15) is 12.8 Å². The molecule has 76 valence electrons. The Morgan fingerprint density at radius 3 is 3.07 bits per heavy atom. The number of nitroso groups, excluding NO2 is 1. The highest BCUT2D eigenvalue weighted by Crippen LogP contribution is 2.24. The van der Waals surface area contributed by atoms with E-state index in [9.17, 15) is 4.91 Å². The van der Waals surface area contributed by atoms with Gasteiger partial charge in [0.25, 0.3) is 0 Å². The van der Waals surface area contributed by atoms with Gasteiger partial charge in [0.05, 0.1) is 11.8 Å². The normalized spacial score (nSPS) is 27.9. The van der Waals surface area contributed by atoms with E-state index in [1.807, 2.05) is 12.3 Å². The first kappa shape index (κ1) is 9.40. The first-order chi connectivity index (χ1) is 6.81. The number of likely N-dealkylation sites (N-methyl/N-ethyl adjacent to an activating group) is 1. The monoisotopic (exact) mass is 193 g/mol. The maximum atomic E-state index is 10.4. The van der Waals surface area contributed by atoms with Gasteiger partial charge in [0, 0.05) is 12.2 Å². The molecule has 1 atom stereocenters. The average molecular weight is 193 g/mol. The van der Waals surface area contributed by atoms with Crippen LogP contribution < -0.4 is 0 Å². The molecule has 0 aromatic carbocycles. The van der Waals surface area contributed by atoms with E-state index >= 15 is 0 Å². The van der Waals surface area contributed by atoms with Crippen molar-refractivity contribution >= 4 is 0 Å². The van der Waals surface area contributed by atoms with Crippen LogP contribution in [0.25, 0.3) is 0 Å². The minimum atomic E-state index is 0.468. The van der Waals surface area contributed by atoms with Crippen LogP contribution in [0.3, 0.4) is 0 Å². The van der Waals surface area contributed by atoms with Gasteiger partial charge in [-0.15, -0.1) is 4.91 Å². The molecule has 2 heterocycles. The first-order valence-corrected chi connectivity index (χ1v) is 4.99. The van der Waals surface area contributed by atoms with Gasteiger partial charge in [-0.2, -0.15) is 0 Å². The SMILES string of the molecule is CN1CCCC1C1=CN(N=O)CC=C1. The number of rotatable bonds is 2. The summed E-state index contributed by atoms with van der Waals surface area (Å²) in [5.41, 5.74) is 1.20. The number of likely N-dealkylation sites (tertiary alicyclic amines) is 1. The second-order valence-electron chi connectivity index (χ2n) is 3.87. The van der Waals surface area contributed by atoms with E-state index in [-0.39, 0.29) is 0 Å². The molecule has 4 nitrogen and oxygen atoms in total. The molecule has 2 rings (SSSR count). The highest BCUT2D eigenvalue weighted by molar-refractivity contribution is 5.28. The fraction of sp³-hybridized carbons (Fsp3) is 0.600. The molecule has 2 aliphatic heterocycles. The highest BCUT2D eigenvalue weighted by Gasteiger charge is 2.24. The predicted octanol–water partition coefficient (Wildman–Crippen LogP) is 1.52. The van der Waals surface area contributed by atoms with Gasteiger partial charge < -0.3 is 0 Å². The van der Waals surface area contributed by atoms with Crippen LogP contribution >= 0.6 is 0 Å². The zero-order valence-corrected chi connectivity index (χ0v) is 8.39. The quantitative estimate of drug-likeness (QED) is 0.624. The molecule has 0 bridgehead atoms. The van der Waals surface area contributed by atoms with Crippen molar-refractivity contribution < 1.29 is 0 Å². The third-order valence-corrected chi connectivity index (χ3v) is 2.91. The van der Waals surface area contributed by atoms with Crippen molar-refractivity contribution in [1.29, 1.82) is 0 Å². The maximum absolute atomic E-state index is 10.4. The Kier molecular flexibility index (Phi) is 2.63. The van der Waals surface area contributed by atoms with Gasteiger partial charge in [-0.3, -0.25) is 4.90 Å². The van der Waals surface area contributed by atoms with E-state index < -0.39 is 0 Å². The lowest BCUT2D eigenvalue weighted by Crippen LogP contribution is -2.28. The molecule has 0 spiro atoms. The van der Waals surface area contributed by atoms with Crippen molar-refractivity contribution in [3.05, 3.63) is 28.8 Å². The molecule has 0 N–H and O–H groups in total. The fourth-order valence-electron chi connectivity index (χ4n) is 2.15. The summed E-state index contributed by atoms with van der Waals surface area (Å²) in [5, 5.41) is 4.38. The summed E-state index contributed by atoms with van der Waals surface area (Å²) in [6, 6.07) is 0.468. The van der Waals surface area contributed by atoms with Crippen molar-refractivity contribution in [2.45, 2.75) is 18.9 Å². The van der Waals surface area contributed by atoms with Gasteiger partial charge in [0.15, 0.2) is 0 Å². The molecule has 0 saturated carbocycles. The second-order valence-corrected chi connectivity index (χ2v) is 3.87. The van der Waals surface area contributed by atoms with Crippen LogP contribution in [0.15, 0.2) is 29.2 Å². The molecule has 1 fully saturated rings. The van der Waals surface area contributed by atoms with Crippen LogP contribution in [0, 0.1) is 4.91 Å². The maximum Gasteiger partial charge on any atom is 0.0625 e. The highest BCUT2D eigenvalue weighted by atomic mass is 16.3. The Bertz CT molecular complexity index is 285. The molecule has 2 aliphatic rings. The lowest BCUT2D eigenvalue weighted by atomic mass is 10.0. The van der Waals surface area contributed by atoms with E-state index in [1.165, 1.54) is 23.4 Å². The van der Waals surface area contributed by atoms with Crippen molar-refractivity contribution in [2.75, 3.05) is 20.1 Å². The van der Waals surface area contributed by atoms with Crippen LogP contribution in [0.4, 0.5) is 0 Å². The fourth-order valence-corrected chi connectivity index (χ4v) is 2.15. The summed E-state index contributed by atoms with van der Waals surface area (Å²) in [4.78, 5) is 12.7. The van der Waals surface area contributed by atoms with Gasteiger partial charge in [-0.05, 0) is 32.0 Å². The molecule has 0 radical (unpaired) electrons. The minimum absolute atomic E-state index is 0.468. The van der Waals surface area contributed by atoms with E-state index in [2.05, 4.69) is 23.3 Å². The lowest BCUT2D eigenvalue weighted by molar-refractivity contribution is 0.338. The van der Waals surface area contributed by atoms with Crippen LogP contribution in [-0.2, 0) is 0 Å². The third kappa shape index (κ3) is 1.70. The van der Waals surface area contributed by atoms with Gasteiger partial charge in [-0.25, -0.2) is 5.01 Å². The summed E-state index contributed by atoms with van der Waals surface area (Å²) in [5.74, 6) is 0. The van der Waals surface area contributed by atoms with Crippen LogP contribution in [0.2, 0.25) is 0 Å². The molecule has 1 saturated heterocycles. The minimum Gasteiger partial charge on any atom is -0.299 e. The standard InChI is InChI=1S/C10H15N3O/c1-12-6-3-5-10(12)9-4-2-7-13(8-9)11-14/h2,4,8,10H,3,5-7H2,1H3. The van der Waals surface area contributed by atoms with Gasteiger partial charge in [0.1, 0.15) is 0 Å². The third-order valence-electron chi connectivity index (χ3n) is 2.91. The molecule has 1 unspecified atom stereocenters. The zero-order chi connectivity index (χ0) is 9.97. The van der Waals surface area contributed by atoms with Gasteiger partial charge in [0.2, 0.25) is 0 Å². The van der Waals surface area contributed by atoms with E-state index in [0.717, 1.165) is 6.54 Å². The Labute approximate surface area is 83.8 Å². The molecular formula is C10H15N3O. The molecule has 0 aliphatic carbocycles. The number of hydrogen-bond donors (Lipinski definition) is 0. The summed E-state index contributed by atoms with van der Waals surface area (Å²) in [7, 11) is 2.12. The molecular weight excluding hydrogens is 178 g/mol. The Morgan fingerprint density at radius 2 is 2.43 bits per heavy atom. The first-order valence-electron chi connectivity index (χ1n) is 4.99. The van der Waals surface area contributed by atoms with E-state index in [4.69, 9.17) is 0 Å². The molecule has 0 amide bonds. The Morgan fingerprint density at radius 1 is 1.57 bits per heavy atom. The zero-order valence-electron chi connectivity index (χ0n) is 8.39. The summed E-state index contributed by atoms with van der Waals surface area (Å²) in [6.45, 7) is 1.74. The smallest absolute Gasteiger partial charge is 0.0625 e. The van der Waals surface area contributed by atoms with Crippen molar-refractivity contribution in [2.24, 2.45) is 5.29 Å². The molecule has 0 aromatic heterocycles. The molecule has 0 aromatic rings. The Balaban J connectivity index is 2.12. The van der Waals surface area contributed by atoms with E-state index in [0.29, 0.717) is 12.6 Å². The summed E-state index contributed by atoms with van der Waals surface area (Å²) < 4.78 is 0. The van der Waals surface area contributed by atoms with Crippen molar-refractivity contribution in [3.8, 4) is 0 Å². The molecule has 14 heavy (non-hydrogen) atoms. The molecule has 4 heteroatoms. The predicted molar refractivity (Wildman–Crippen MR) is 55.4 cm³/mol. The van der Waals surface area contributed by atoms with Gasteiger partial charge in [-0.1, -0.05) is 12.2 Å². The largest absolute Gasteiger partial charge is 0.299 e. The van der Waals surface area contributed by atoms with Crippen LogP contribution in [-0.4, -0.2) is 36.1 Å². The summed E-state index contributed by atoms with van der Waals surface area (Å²) in [6.07, 6.45) is 8.37. The number of hydrogen-bond acceptors (Lipinski definition) is 3. The van der Waals surface area contributed by atoms with Crippen LogP contribution in [0.5, 0.6) is 0 Å². The van der Waals surface area contributed by atoms with Crippen molar-refractivity contribution in [1.82, 2.24) is 9.91 Å². The Hall–Kier alpha value is -1.16. The van der Waals surface area contributed by atoms with Crippen molar-refractivity contribution in [3.63, 3.8) is 0 Å². The summed E-state index contributed by atoms with van der Waals surface area (Å²) >= 11 is 0.